The smallest absolute Gasteiger partial charge is 0.202 e. The third-order valence-electron chi connectivity index (χ3n) is 4.79. The zero-order valence-electron chi connectivity index (χ0n) is 15.2. The Bertz CT molecular complexity index is 839. The number of nitrogens with one attached hydrogen (secondary N) is 2. The predicted octanol–water partition coefficient (Wildman–Crippen LogP) is 4.34. The van der Waals surface area contributed by atoms with E-state index < -0.39 is 0 Å². The number of benzene rings is 1. The topological polar surface area (TPSA) is 61.7 Å². The number of fused-ring (bicyclic) bond motifs is 1. The van der Waals surface area contributed by atoms with Crippen molar-refractivity contribution in [2.75, 3.05) is 17.6 Å². The fraction of sp³-hybridized carbons (Fsp3) is 0.450. The van der Waals surface area contributed by atoms with Gasteiger partial charge in [-0.2, -0.15) is 0 Å². The largest absolute Gasteiger partial charge is 0.325 e. The van der Waals surface area contributed by atoms with E-state index in [0.29, 0.717) is 6.04 Å². The van der Waals surface area contributed by atoms with Gasteiger partial charge in [0.15, 0.2) is 5.17 Å². The maximum absolute atomic E-state index is 5.01. The lowest BCUT2D eigenvalue weighted by Crippen LogP contribution is -2.35. The van der Waals surface area contributed by atoms with Crippen molar-refractivity contribution in [2.24, 2.45) is 9.98 Å². The fourth-order valence-corrected chi connectivity index (χ4v) is 4.27. The Hall–Kier alpha value is -2.08. The molecule has 2 aliphatic rings. The molecule has 2 heterocycles. The van der Waals surface area contributed by atoms with Crippen molar-refractivity contribution in [1.29, 1.82) is 0 Å². The number of anilines is 1. The number of thioether (sulfide) groups is 1. The minimum atomic E-state index is 0.389. The summed E-state index contributed by atoms with van der Waals surface area (Å²) in [4.78, 5) is 14.2. The van der Waals surface area contributed by atoms with Gasteiger partial charge in [-0.3, -0.25) is 9.98 Å². The molecule has 0 radical (unpaired) electrons. The van der Waals surface area contributed by atoms with Crippen LogP contribution < -0.4 is 10.6 Å². The van der Waals surface area contributed by atoms with Crippen LogP contribution in [0.2, 0.25) is 0 Å². The molecule has 1 fully saturated rings. The Morgan fingerprint density at radius 2 is 2.00 bits per heavy atom. The van der Waals surface area contributed by atoms with Gasteiger partial charge in [0.2, 0.25) is 5.96 Å². The summed E-state index contributed by atoms with van der Waals surface area (Å²) in [6, 6.07) is 10.7. The molecule has 0 atom stereocenters. The summed E-state index contributed by atoms with van der Waals surface area (Å²) in [6.07, 6.45) is 6.22. The Morgan fingerprint density at radius 1 is 1.15 bits per heavy atom. The van der Waals surface area contributed by atoms with Crippen LogP contribution in [0.5, 0.6) is 0 Å². The molecule has 6 heteroatoms. The van der Waals surface area contributed by atoms with E-state index >= 15 is 0 Å². The summed E-state index contributed by atoms with van der Waals surface area (Å²) >= 11 is 1.76. The highest BCUT2D eigenvalue weighted by Gasteiger charge is 2.16. The number of rotatable bonds is 2. The van der Waals surface area contributed by atoms with E-state index in [1.165, 1.54) is 32.1 Å². The third kappa shape index (κ3) is 4.18. The molecule has 5 nitrogen and oxygen atoms in total. The maximum Gasteiger partial charge on any atom is 0.202 e. The van der Waals surface area contributed by atoms with Crippen LogP contribution in [0.4, 0.5) is 5.69 Å². The average molecular weight is 368 g/mol. The second-order valence-electron chi connectivity index (χ2n) is 6.88. The number of nitrogens with zero attached hydrogens (tertiary/aromatic N) is 3. The van der Waals surface area contributed by atoms with Gasteiger partial charge >= 0.3 is 0 Å². The van der Waals surface area contributed by atoms with Crippen LogP contribution in [0.3, 0.4) is 0 Å². The first-order valence-corrected chi connectivity index (χ1v) is 10.4. The molecule has 2 aromatic rings. The maximum atomic E-state index is 5.01. The quantitative estimate of drug-likeness (QED) is 0.612. The number of pyridine rings is 1. The Morgan fingerprint density at radius 3 is 2.81 bits per heavy atom. The van der Waals surface area contributed by atoms with Crippen LogP contribution in [0, 0.1) is 6.92 Å². The molecular formula is C20H25N5S. The van der Waals surface area contributed by atoms with Crippen LogP contribution in [0.15, 0.2) is 40.3 Å². The highest BCUT2D eigenvalue weighted by molar-refractivity contribution is 8.14. The standard InChI is InChI=1S/C20H25N5S/c1-14-13-18(16-9-5-6-10-17(16)22-14)24-19(25-20-21-11-12-26-20)23-15-7-3-2-4-8-15/h5-6,9-10,13,15H,2-4,7-8,11-12H2,1H3,(H2,21,22,23,24,25). The fourth-order valence-electron chi connectivity index (χ4n) is 3.54. The van der Waals surface area contributed by atoms with Gasteiger partial charge in [-0.15, -0.1) is 0 Å². The summed E-state index contributed by atoms with van der Waals surface area (Å²) in [5.41, 5.74) is 3.04. The number of hydrogen-bond donors (Lipinski definition) is 2. The molecule has 1 aromatic heterocycles. The van der Waals surface area contributed by atoms with Crippen molar-refractivity contribution in [3.8, 4) is 0 Å². The third-order valence-corrected chi connectivity index (χ3v) is 5.69. The zero-order chi connectivity index (χ0) is 17.8. The van der Waals surface area contributed by atoms with E-state index in [2.05, 4.69) is 38.8 Å². The number of amidine groups is 1. The highest BCUT2D eigenvalue weighted by Crippen LogP contribution is 2.24. The monoisotopic (exact) mass is 367 g/mol. The molecule has 136 valence electrons. The van der Waals surface area contributed by atoms with Gasteiger partial charge in [0.1, 0.15) is 0 Å². The Kier molecular flexibility index (Phi) is 5.39. The van der Waals surface area contributed by atoms with E-state index in [1.54, 1.807) is 11.8 Å². The van der Waals surface area contributed by atoms with Gasteiger partial charge < -0.3 is 10.6 Å². The molecule has 0 spiro atoms. The molecule has 1 saturated carbocycles. The van der Waals surface area contributed by atoms with Crippen molar-refractivity contribution >= 4 is 39.5 Å². The SMILES string of the molecule is Cc1cc(NC(=NC2CCCCC2)NC2=NCCS2)c2ccccc2n1. The summed E-state index contributed by atoms with van der Waals surface area (Å²) in [6.45, 7) is 2.90. The molecule has 2 N–H and O–H groups in total. The minimum absolute atomic E-state index is 0.389. The molecule has 0 amide bonds. The minimum Gasteiger partial charge on any atom is -0.325 e. The molecule has 1 aliphatic heterocycles. The normalized spacial score (nSPS) is 18.8. The molecule has 0 saturated heterocycles. The Labute approximate surface area is 158 Å². The summed E-state index contributed by atoms with van der Waals surface area (Å²) in [5, 5.41) is 9.04. The number of aromatic nitrogens is 1. The summed E-state index contributed by atoms with van der Waals surface area (Å²) in [5.74, 6) is 1.84. The summed E-state index contributed by atoms with van der Waals surface area (Å²) in [7, 11) is 0. The molecule has 1 aliphatic carbocycles. The number of para-hydroxylation sites is 1. The van der Waals surface area contributed by atoms with Gasteiger partial charge in [-0.25, -0.2) is 4.99 Å². The lowest BCUT2D eigenvalue weighted by molar-refractivity contribution is 0.443. The molecule has 4 rings (SSSR count). The van der Waals surface area contributed by atoms with E-state index in [-0.39, 0.29) is 0 Å². The second kappa shape index (κ2) is 8.08. The molecule has 26 heavy (non-hydrogen) atoms. The number of hydrogen-bond acceptors (Lipinski definition) is 4. The molecule has 1 aromatic carbocycles. The number of guanidine groups is 1. The first-order chi connectivity index (χ1) is 12.8. The number of aliphatic imine (C=N–C) groups is 2. The van der Waals surface area contributed by atoms with Crippen LogP contribution >= 0.6 is 11.8 Å². The van der Waals surface area contributed by atoms with Crippen LogP contribution in [0.25, 0.3) is 10.9 Å². The van der Waals surface area contributed by atoms with Crippen molar-refractivity contribution < 1.29 is 0 Å². The summed E-state index contributed by atoms with van der Waals surface area (Å²) < 4.78 is 0. The van der Waals surface area contributed by atoms with E-state index in [0.717, 1.165) is 45.7 Å². The van der Waals surface area contributed by atoms with E-state index in [1.807, 2.05) is 19.1 Å². The van der Waals surface area contributed by atoms with Crippen LogP contribution in [0.1, 0.15) is 37.8 Å². The lowest BCUT2D eigenvalue weighted by atomic mass is 9.96. The molecule has 0 unspecified atom stereocenters. The first-order valence-electron chi connectivity index (χ1n) is 9.43. The Balaban J connectivity index is 1.64. The highest BCUT2D eigenvalue weighted by atomic mass is 32.2. The van der Waals surface area contributed by atoms with Gasteiger partial charge in [-0.1, -0.05) is 49.2 Å². The van der Waals surface area contributed by atoms with Crippen LogP contribution in [-0.4, -0.2) is 34.5 Å². The first kappa shape index (κ1) is 17.3. The van der Waals surface area contributed by atoms with Crippen molar-refractivity contribution in [1.82, 2.24) is 10.3 Å². The van der Waals surface area contributed by atoms with Gasteiger partial charge in [0, 0.05) is 16.8 Å². The van der Waals surface area contributed by atoms with Crippen molar-refractivity contribution in [3.63, 3.8) is 0 Å². The predicted molar refractivity (Wildman–Crippen MR) is 112 cm³/mol. The molecular weight excluding hydrogens is 342 g/mol. The average Bonchev–Trinajstić information content (AvgIpc) is 3.15. The van der Waals surface area contributed by atoms with Gasteiger partial charge in [0.05, 0.1) is 23.8 Å². The lowest BCUT2D eigenvalue weighted by Gasteiger charge is -2.21. The van der Waals surface area contributed by atoms with Gasteiger partial charge in [-0.05, 0) is 31.9 Å². The van der Waals surface area contributed by atoms with Crippen LogP contribution in [-0.2, 0) is 0 Å². The second-order valence-corrected chi connectivity index (χ2v) is 7.97. The number of aryl methyl sites for hydroxylation is 1. The van der Waals surface area contributed by atoms with E-state index in [4.69, 9.17) is 4.99 Å². The molecule has 0 bridgehead atoms. The van der Waals surface area contributed by atoms with Gasteiger partial charge in [0.25, 0.3) is 0 Å². The zero-order valence-corrected chi connectivity index (χ0v) is 16.0. The van der Waals surface area contributed by atoms with Crippen molar-refractivity contribution in [2.45, 2.75) is 45.1 Å². The van der Waals surface area contributed by atoms with Crippen molar-refractivity contribution in [3.05, 3.63) is 36.0 Å². The van der Waals surface area contributed by atoms with E-state index in [9.17, 15) is 0 Å².